The highest BCUT2D eigenvalue weighted by Crippen LogP contribution is 2.39. The molecule has 0 bridgehead atoms. The summed E-state index contributed by atoms with van der Waals surface area (Å²) in [6.45, 7) is 10.3. The van der Waals surface area contributed by atoms with Crippen LogP contribution in [-0.2, 0) is 4.74 Å². The highest BCUT2D eigenvalue weighted by atomic mass is 16.5. The van der Waals surface area contributed by atoms with E-state index in [1.54, 1.807) is 0 Å². The maximum atomic E-state index is 5.76. The third-order valence-corrected chi connectivity index (χ3v) is 4.29. The van der Waals surface area contributed by atoms with Gasteiger partial charge < -0.3 is 10.1 Å². The second-order valence-corrected chi connectivity index (χ2v) is 7.15. The van der Waals surface area contributed by atoms with E-state index in [1.807, 2.05) is 7.11 Å². The molecule has 0 radical (unpaired) electrons. The number of hydrogen-bond acceptors (Lipinski definition) is 2. The van der Waals surface area contributed by atoms with Crippen LogP contribution in [0.15, 0.2) is 0 Å². The summed E-state index contributed by atoms with van der Waals surface area (Å²) in [6.07, 6.45) is 8.97. The molecule has 0 aromatic heterocycles. The molecule has 0 spiro atoms. The van der Waals surface area contributed by atoms with Gasteiger partial charge in [-0.25, -0.2) is 0 Å². The van der Waals surface area contributed by atoms with Crippen molar-refractivity contribution in [3.63, 3.8) is 0 Å². The molecule has 1 N–H and O–H groups in total. The fraction of sp³-hybridized carbons (Fsp3) is 1.00. The Morgan fingerprint density at radius 2 is 1.94 bits per heavy atom. The molecule has 1 aliphatic rings. The number of rotatable bonds is 8. The van der Waals surface area contributed by atoms with Gasteiger partial charge in [-0.3, -0.25) is 0 Å². The average Bonchev–Trinajstić information content (AvgIpc) is 2.21. The summed E-state index contributed by atoms with van der Waals surface area (Å²) in [7, 11) is 1.89. The highest BCUT2D eigenvalue weighted by Gasteiger charge is 2.38. The Kier molecular flexibility index (Phi) is 6.13. The molecule has 1 unspecified atom stereocenters. The monoisotopic (exact) mass is 255 g/mol. The van der Waals surface area contributed by atoms with E-state index in [-0.39, 0.29) is 5.60 Å². The minimum Gasteiger partial charge on any atom is -0.378 e. The molecule has 0 aromatic rings. The number of ether oxygens (including phenoxy) is 1. The molecule has 0 saturated heterocycles. The van der Waals surface area contributed by atoms with Crippen molar-refractivity contribution < 1.29 is 4.74 Å². The minimum atomic E-state index is 0.203. The molecule has 0 heterocycles. The molecule has 2 heteroatoms. The second-order valence-electron chi connectivity index (χ2n) is 7.15. The maximum absolute atomic E-state index is 5.76. The molecule has 1 atom stereocenters. The van der Waals surface area contributed by atoms with E-state index >= 15 is 0 Å². The van der Waals surface area contributed by atoms with Gasteiger partial charge in [-0.15, -0.1) is 0 Å². The third-order valence-electron chi connectivity index (χ3n) is 4.29. The second kappa shape index (κ2) is 6.91. The molecule has 0 amide bonds. The van der Waals surface area contributed by atoms with E-state index in [2.05, 4.69) is 33.0 Å². The van der Waals surface area contributed by atoms with Gasteiger partial charge in [0.1, 0.15) is 0 Å². The molecule has 1 saturated carbocycles. The van der Waals surface area contributed by atoms with Gasteiger partial charge in [-0.05, 0) is 50.5 Å². The average molecular weight is 255 g/mol. The molecule has 0 aromatic carbocycles. The Bertz CT molecular complexity index is 222. The topological polar surface area (TPSA) is 21.3 Å². The van der Waals surface area contributed by atoms with Crippen LogP contribution in [0.25, 0.3) is 0 Å². The molecule has 108 valence electrons. The Morgan fingerprint density at radius 3 is 2.33 bits per heavy atom. The van der Waals surface area contributed by atoms with Gasteiger partial charge in [0.25, 0.3) is 0 Å². The van der Waals surface area contributed by atoms with E-state index in [9.17, 15) is 0 Å². The lowest BCUT2D eigenvalue weighted by Crippen LogP contribution is -2.45. The summed E-state index contributed by atoms with van der Waals surface area (Å²) in [5.74, 6) is 0. The van der Waals surface area contributed by atoms with Crippen molar-refractivity contribution in [2.24, 2.45) is 5.41 Å². The summed E-state index contributed by atoms with van der Waals surface area (Å²) in [5, 5.41) is 3.65. The summed E-state index contributed by atoms with van der Waals surface area (Å²) in [5.41, 5.74) is 0.667. The van der Waals surface area contributed by atoms with Gasteiger partial charge in [0, 0.05) is 13.2 Å². The number of methoxy groups -OCH3 is 1. The number of hydrogen-bond donors (Lipinski definition) is 1. The van der Waals surface area contributed by atoms with Crippen molar-refractivity contribution in [3.8, 4) is 0 Å². The van der Waals surface area contributed by atoms with Crippen LogP contribution in [0.4, 0.5) is 0 Å². The predicted molar refractivity (Wildman–Crippen MR) is 79.0 cm³/mol. The first kappa shape index (κ1) is 16.0. The van der Waals surface area contributed by atoms with Crippen molar-refractivity contribution in [1.29, 1.82) is 0 Å². The van der Waals surface area contributed by atoms with Crippen LogP contribution in [0.5, 0.6) is 0 Å². The molecule has 1 aliphatic carbocycles. The fourth-order valence-corrected chi connectivity index (χ4v) is 2.96. The lowest BCUT2D eigenvalue weighted by atomic mass is 9.74. The molecule has 0 aliphatic heterocycles. The zero-order valence-corrected chi connectivity index (χ0v) is 13.1. The molecule has 1 rings (SSSR count). The maximum Gasteiger partial charge on any atom is 0.0693 e. The van der Waals surface area contributed by atoms with Gasteiger partial charge in [-0.2, -0.15) is 0 Å². The summed E-state index contributed by atoms with van der Waals surface area (Å²) in [4.78, 5) is 0. The van der Waals surface area contributed by atoms with Gasteiger partial charge in [0.05, 0.1) is 5.60 Å². The van der Waals surface area contributed by atoms with Crippen molar-refractivity contribution in [3.05, 3.63) is 0 Å². The highest BCUT2D eigenvalue weighted by molar-refractivity contribution is 4.93. The van der Waals surface area contributed by atoms with Gasteiger partial charge in [0.15, 0.2) is 0 Å². The lowest BCUT2D eigenvalue weighted by Gasteiger charge is -2.43. The van der Waals surface area contributed by atoms with Gasteiger partial charge >= 0.3 is 0 Å². The van der Waals surface area contributed by atoms with Gasteiger partial charge in [0.2, 0.25) is 0 Å². The standard InChI is InChI=1S/C16H33NO/c1-6-17-14(9-7-10-15(2,3)4)13-16(18-5)11-8-12-16/h14,17H,6-13H2,1-5H3. The summed E-state index contributed by atoms with van der Waals surface area (Å²) < 4.78 is 5.76. The first-order valence-corrected chi connectivity index (χ1v) is 7.69. The zero-order chi connectivity index (χ0) is 13.6. The molecular weight excluding hydrogens is 222 g/mol. The van der Waals surface area contributed by atoms with E-state index in [1.165, 1.54) is 44.9 Å². The first-order chi connectivity index (χ1) is 8.41. The third kappa shape index (κ3) is 5.27. The van der Waals surface area contributed by atoms with Crippen LogP contribution in [-0.4, -0.2) is 25.3 Å². The smallest absolute Gasteiger partial charge is 0.0693 e. The Morgan fingerprint density at radius 1 is 1.28 bits per heavy atom. The summed E-state index contributed by atoms with van der Waals surface area (Å²) in [6, 6.07) is 0.637. The number of nitrogens with one attached hydrogen (secondary N) is 1. The van der Waals surface area contributed by atoms with Crippen LogP contribution < -0.4 is 5.32 Å². The van der Waals surface area contributed by atoms with Crippen LogP contribution in [0.3, 0.4) is 0 Å². The Labute approximate surface area is 114 Å². The minimum absolute atomic E-state index is 0.203. The van der Waals surface area contributed by atoms with E-state index < -0.39 is 0 Å². The van der Waals surface area contributed by atoms with Crippen LogP contribution in [0.2, 0.25) is 0 Å². The summed E-state index contributed by atoms with van der Waals surface area (Å²) >= 11 is 0. The van der Waals surface area contributed by atoms with Crippen LogP contribution in [0.1, 0.15) is 72.6 Å². The van der Waals surface area contributed by atoms with Crippen molar-refractivity contribution in [2.45, 2.75) is 84.3 Å². The lowest BCUT2D eigenvalue weighted by molar-refractivity contribution is -0.0839. The molecular formula is C16H33NO. The van der Waals surface area contributed by atoms with Crippen LogP contribution >= 0.6 is 0 Å². The SMILES string of the molecule is CCNC(CCCC(C)(C)C)CC1(OC)CCC1. The van der Waals surface area contributed by atoms with Crippen molar-refractivity contribution >= 4 is 0 Å². The zero-order valence-electron chi connectivity index (χ0n) is 13.1. The largest absolute Gasteiger partial charge is 0.378 e. The first-order valence-electron chi connectivity index (χ1n) is 7.69. The predicted octanol–water partition coefficient (Wildman–Crippen LogP) is 4.14. The van der Waals surface area contributed by atoms with Gasteiger partial charge in [-0.1, -0.05) is 34.1 Å². The Balaban J connectivity index is 2.35. The molecule has 18 heavy (non-hydrogen) atoms. The Hall–Kier alpha value is -0.0800. The van der Waals surface area contributed by atoms with E-state index in [4.69, 9.17) is 4.74 Å². The normalized spacial score (nSPS) is 20.5. The fourth-order valence-electron chi connectivity index (χ4n) is 2.96. The van der Waals surface area contributed by atoms with E-state index in [0.717, 1.165) is 6.54 Å². The van der Waals surface area contributed by atoms with Crippen molar-refractivity contribution in [1.82, 2.24) is 5.32 Å². The quantitative estimate of drug-likeness (QED) is 0.704. The molecule has 1 fully saturated rings. The van der Waals surface area contributed by atoms with E-state index in [0.29, 0.717) is 11.5 Å². The van der Waals surface area contributed by atoms with Crippen molar-refractivity contribution in [2.75, 3.05) is 13.7 Å². The molecule has 2 nitrogen and oxygen atoms in total. The van der Waals surface area contributed by atoms with Crippen LogP contribution in [0, 0.1) is 5.41 Å².